The van der Waals surface area contributed by atoms with E-state index in [2.05, 4.69) is 25.3 Å². The molecule has 0 aliphatic heterocycles. The third-order valence-electron chi connectivity index (χ3n) is 3.08. The van der Waals surface area contributed by atoms with E-state index >= 15 is 0 Å². The van der Waals surface area contributed by atoms with Gasteiger partial charge in [0.2, 0.25) is 0 Å². The third-order valence-corrected chi connectivity index (χ3v) is 3.99. The molecule has 0 unspecified atom stereocenters. The fraction of sp³-hybridized carbons (Fsp3) is 0.188. The first-order valence-corrected chi connectivity index (χ1v) is 8.22. The van der Waals surface area contributed by atoms with Crippen LogP contribution in [0.1, 0.15) is 23.0 Å². The van der Waals surface area contributed by atoms with Gasteiger partial charge in [0.25, 0.3) is 0 Å². The molecule has 0 spiro atoms. The highest BCUT2D eigenvalue weighted by molar-refractivity contribution is 7.13. The van der Waals surface area contributed by atoms with Crippen molar-refractivity contribution in [1.82, 2.24) is 19.9 Å². The highest BCUT2D eigenvalue weighted by Crippen LogP contribution is 2.22. The standard InChI is InChI=1S/C16H15N5O2S/c1-2-23-16(22)12-8-17-10-20-14(12)19-7-11-9-24-15(21-11)13-5-3-4-6-18-13/h3-6,8-10H,2,7H2,1H3,(H,17,19,20). The molecular formula is C16H15N5O2S. The number of anilines is 1. The smallest absolute Gasteiger partial charge is 0.343 e. The van der Waals surface area contributed by atoms with Gasteiger partial charge < -0.3 is 10.1 Å². The number of thiazole rings is 1. The second kappa shape index (κ2) is 7.60. The topological polar surface area (TPSA) is 89.9 Å². The minimum Gasteiger partial charge on any atom is -0.462 e. The van der Waals surface area contributed by atoms with Gasteiger partial charge in [-0.25, -0.2) is 19.7 Å². The third kappa shape index (κ3) is 3.72. The van der Waals surface area contributed by atoms with Gasteiger partial charge in [-0.05, 0) is 19.1 Å². The quantitative estimate of drug-likeness (QED) is 0.689. The summed E-state index contributed by atoms with van der Waals surface area (Å²) >= 11 is 1.52. The molecule has 0 bridgehead atoms. The molecule has 122 valence electrons. The minimum absolute atomic E-state index is 0.298. The zero-order chi connectivity index (χ0) is 16.8. The summed E-state index contributed by atoms with van der Waals surface area (Å²) < 4.78 is 5.00. The molecule has 0 aliphatic carbocycles. The number of carbonyl (C=O) groups is 1. The number of rotatable bonds is 6. The normalized spacial score (nSPS) is 10.4. The highest BCUT2D eigenvalue weighted by Gasteiger charge is 2.14. The van der Waals surface area contributed by atoms with Gasteiger partial charge in [-0.3, -0.25) is 4.98 Å². The lowest BCUT2D eigenvalue weighted by molar-refractivity contribution is 0.0526. The first-order chi connectivity index (χ1) is 11.8. The van der Waals surface area contributed by atoms with Crippen molar-refractivity contribution in [3.8, 4) is 10.7 Å². The van der Waals surface area contributed by atoms with E-state index in [1.807, 2.05) is 23.6 Å². The molecule has 0 atom stereocenters. The molecule has 3 heterocycles. The fourth-order valence-electron chi connectivity index (χ4n) is 2.00. The summed E-state index contributed by atoms with van der Waals surface area (Å²) in [5.74, 6) is -0.0242. The maximum Gasteiger partial charge on any atom is 0.343 e. The zero-order valence-electron chi connectivity index (χ0n) is 13.0. The molecule has 24 heavy (non-hydrogen) atoms. The Morgan fingerprint density at radius 2 is 2.25 bits per heavy atom. The van der Waals surface area contributed by atoms with Crippen LogP contribution in [0.3, 0.4) is 0 Å². The summed E-state index contributed by atoms with van der Waals surface area (Å²) in [5, 5.41) is 5.90. The second-order valence-corrected chi connectivity index (χ2v) is 5.58. The van der Waals surface area contributed by atoms with Crippen molar-refractivity contribution in [3.63, 3.8) is 0 Å². The number of pyridine rings is 1. The van der Waals surface area contributed by atoms with Crippen LogP contribution in [0, 0.1) is 0 Å². The number of aromatic nitrogens is 4. The summed E-state index contributed by atoms with van der Waals surface area (Å²) in [6, 6.07) is 5.71. The molecule has 0 aromatic carbocycles. The van der Waals surface area contributed by atoms with Gasteiger partial charge in [0.15, 0.2) is 0 Å². The predicted molar refractivity (Wildman–Crippen MR) is 90.7 cm³/mol. The van der Waals surface area contributed by atoms with Crippen LogP contribution in [-0.2, 0) is 11.3 Å². The van der Waals surface area contributed by atoms with E-state index in [1.54, 1.807) is 13.1 Å². The first-order valence-electron chi connectivity index (χ1n) is 7.34. The van der Waals surface area contributed by atoms with E-state index in [9.17, 15) is 4.79 Å². The van der Waals surface area contributed by atoms with Crippen LogP contribution in [0.2, 0.25) is 0 Å². The Morgan fingerprint density at radius 1 is 1.33 bits per heavy atom. The van der Waals surface area contributed by atoms with Gasteiger partial charge >= 0.3 is 5.97 Å². The summed E-state index contributed by atoms with van der Waals surface area (Å²) in [7, 11) is 0. The van der Waals surface area contributed by atoms with E-state index < -0.39 is 5.97 Å². The molecule has 0 saturated carbocycles. The number of carbonyl (C=O) groups excluding carboxylic acids is 1. The SMILES string of the molecule is CCOC(=O)c1cncnc1NCc1csc(-c2ccccn2)n1. The van der Waals surface area contributed by atoms with Crippen LogP contribution >= 0.6 is 11.3 Å². The van der Waals surface area contributed by atoms with Crippen molar-refractivity contribution >= 4 is 23.1 Å². The van der Waals surface area contributed by atoms with E-state index in [0.717, 1.165) is 16.4 Å². The molecule has 0 aliphatic rings. The van der Waals surface area contributed by atoms with Crippen LogP contribution in [-0.4, -0.2) is 32.5 Å². The minimum atomic E-state index is -0.451. The maximum atomic E-state index is 11.9. The zero-order valence-corrected chi connectivity index (χ0v) is 13.8. The fourth-order valence-corrected chi connectivity index (χ4v) is 2.79. The molecule has 8 heteroatoms. The maximum absolute atomic E-state index is 11.9. The average molecular weight is 341 g/mol. The molecule has 3 rings (SSSR count). The summed E-state index contributed by atoms with van der Waals surface area (Å²) in [6.45, 7) is 2.49. The summed E-state index contributed by atoms with van der Waals surface area (Å²) in [5.41, 5.74) is 1.98. The Balaban J connectivity index is 1.71. The summed E-state index contributed by atoms with van der Waals surface area (Å²) in [6.07, 6.45) is 4.56. The number of nitrogens with zero attached hydrogens (tertiary/aromatic N) is 4. The van der Waals surface area contributed by atoms with E-state index in [0.29, 0.717) is 24.5 Å². The molecule has 0 saturated heterocycles. The van der Waals surface area contributed by atoms with E-state index in [-0.39, 0.29) is 0 Å². The number of hydrogen-bond donors (Lipinski definition) is 1. The Hall–Kier alpha value is -2.87. The molecule has 0 amide bonds. The Labute approximate surface area is 142 Å². The highest BCUT2D eigenvalue weighted by atomic mass is 32.1. The second-order valence-electron chi connectivity index (χ2n) is 4.72. The van der Waals surface area contributed by atoms with Gasteiger partial charge in [-0.15, -0.1) is 11.3 Å². The lowest BCUT2D eigenvalue weighted by atomic mass is 10.3. The van der Waals surface area contributed by atoms with E-state index in [1.165, 1.54) is 23.9 Å². The van der Waals surface area contributed by atoms with Crippen molar-refractivity contribution < 1.29 is 9.53 Å². The molecular weight excluding hydrogens is 326 g/mol. The van der Waals surface area contributed by atoms with Crippen LogP contribution in [0.5, 0.6) is 0 Å². The van der Waals surface area contributed by atoms with Crippen LogP contribution in [0.4, 0.5) is 5.82 Å². The Morgan fingerprint density at radius 3 is 3.04 bits per heavy atom. The van der Waals surface area contributed by atoms with Crippen LogP contribution < -0.4 is 5.32 Å². The molecule has 0 fully saturated rings. The predicted octanol–water partition coefficient (Wildman–Crippen LogP) is 2.78. The molecule has 3 aromatic rings. The molecule has 3 aromatic heterocycles. The van der Waals surface area contributed by atoms with Crippen molar-refractivity contribution in [3.05, 3.63) is 53.6 Å². The largest absolute Gasteiger partial charge is 0.462 e. The Bertz CT molecular complexity index is 822. The van der Waals surface area contributed by atoms with Gasteiger partial charge in [-0.1, -0.05) is 6.07 Å². The van der Waals surface area contributed by atoms with Crippen molar-refractivity contribution in [2.75, 3.05) is 11.9 Å². The summed E-state index contributed by atoms with van der Waals surface area (Å²) in [4.78, 5) is 28.7. The molecule has 0 radical (unpaired) electrons. The van der Waals surface area contributed by atoms with E-state index in [4.69, 9.17) is 4.74 Å². The molecule has 1 N–H and O–H groups in total. The first kappa shape index (κ1) is 16.0. The number of hydrogen-bond acceptors (Lipinski definition) is 8. The number of esters is 1. The van der Waals surface area contributed by atoms with Crippen LogP contribution in [0.15, 0.2) is 42.3 Å². The Kier molecular flexibility index (Phi) is 5.07. The van der Waals surface area contributed by atoms with Crippen molar-refractivity contribution in [1.29, 1.82) is 0 Å². The van der Waals surface area contributed by atoms with Gasteiger partial charge in [0, 0.05) is 17.8 Å². The van der Waals surface area contributed by atoms with Gasteiger partial charge in [0.05, 0.1) is 24.5 Å². The van der Waals surface area contributed by atoms with Crippen molar-refractivity contribution in [2.45, 2.75) is 13.5 Å². The molecule has 7 nitrogen and oxygen atoms in total. The lowest BCUT2D eigenvalue weighted by Gasteiger charge is -2.08. The number of ether oxygens (including phenoxy) is 1. The lowest BCUT2D eigenvalue weighted by Crippen LogP contribution is -2.12. The van der Waals surface area contributed by atoms with Crippen molar-refractivity contribution in [2.24, 2.45) is 0 Å². The van der Waals surface area contributed by atoms with Crippen LogP contribution in [0.25, 0.3) is 10.7 Å². The van der Waals surface area contributed by atoms with Gasteiger partial charge in [0.1, 0.15) is 22.7 Å². The number of nitrogens with one attached hydrogen (secondary N) is 1. The monoisotopic (exact) mass is 341 g/mol. The average Bonchev–Trinajstić information content (AvgIpc) is 3.10. The van der Waals surface area contributed by atoms with Gasteiger partial charge in [-0.2, -0.15) is 0 Å².